The van der Waals surface area contributed by atoms with Crippen molar-refractivity contribution < 1.29 is 4.79 Å². The first-order chi connectivity index (χ1) is 18.3. The van der Waals surface area contributed by atoms with Gasteiger partial charge in [0, 0.05) is 50.0 Å². The summed E-state index contributed by atoms with van der Waals surface area (Å²) in [6.07, 6.45) is 5.93. The predicted octanol–water partition coefficient (Wildman–Crippen LogP) is 4.15. The van der Waals surface area contributed by atoms with Crippen molar-refractivity contribution in [1.29, 1.82) is 0 Å². The molecule has 0 bridgehead atoms. The minimum absolute atomic E-state index is 0.00223. The highest BCUT2D eigenvalue weighted by molar-refractivity contribution is 7.98. The molecular formula is C29H35N5O3S. The number of amides is 1. The van der Waals surface area contributed by atoms with Crippen LogP contribution in [-0.2, 0) is 18.4 Å². The van der Waals surface area contributed by atoms with Gasteiger partial charge in [0.15, 0.2) is 0 Å². The Morgan fingerprint density at radius 1 is 1.08 bits per heavy atom. The molecule has 0 saturated heterocycles. The van der Waals surface area contributed by atoms with Gasteiger partial charge in [0.25, 0.3) is 5.56 Å². The summed E-state index contributed by atoms with van der Waals surface area (Å²) in [5.74, 6) is 1.08. The summed E-state index contributed by atoms with van der Waals surface area (Å²) in [6, 6.07) is 11.4. The largest absolute Gasteiger partial charge is 0.387 e. The summed E-state index contributed by atoms with van der Waals surface area (Å²) in [6.45, 7) is 5.92. The topological polar surface area (TPSA) is 103 Å². The number of hydrogen-bond donors (Lipinski definition) is 1. The average molecular weight is 534 g/mol. The lowest BCUT2D eigenvalue weighted by atomic mass is 10.00. The normalized spacial score (nSPS) is 13.1. The van der Waals surface area contributed by atoms with Gasteiger partial charge < -0.3 is 10.6 Å². The van der Waals surface area contributed by atoms with Gasteiger partial charge in [0.05, 0.1) is 16.6 Å². The Balaban J connectivity index is 1.75. The molecule has 0 atom stereocenters. The van der Waals surface area contributed by atoms with Crippen LogP contribution < -0.4 is 17.0 Å². The van der Waals surface area contributed by atoms with Gasteiger partial charge in [0.1, 0.15) is 5.84 Å². The molecule has 2 aromatic carbocycles. The third kappa shape index (κ3) is 5.48. The summed E-state index contributed by atoms with van der Waals surface area (Å²) >= 11 is 1.59. The van der Waals surface area contributed by atoms with E-state index in [9.17, 15) is 14.4 Å². The van der Waals surface area contributed by atoms with Crippen LogP contribution in [0.3, 0.4) is 0 Å². The predicted molar refractivity (Wildman–Crippen MR) is 158 cm³/mol. The van der Waals surface area contributed by atoms with Crippen molar-refractivity contribution >= 4 is 46.2 Å². The monoisotopic (exact) mass is 533 g/mol. The van der Waals surface area contributed by atoms with Gasteiger partial charge in [0.2, 0.25) is 5.91 Å². The Hall–Kier alpha value is -3.59. The third-order valence-electron chi connectivity index (χ3n) is 6.75. The molecule has 0 radical (unpaired) electrons. The van der Waals surface area contributed by atoms with E-state index in [2.05, 4.69) is 18.8 Å². The number of aryl methyl sites for hydroxylation is 1. The van der Waals surface area contributed by atoms with E-state index in [1.165, 1.54) is 9.13 Å². The van der Waals surface area contributed by atoms with Gasteiger partial charge in [-0.05, 0) is 54.5 Å². The van der Waals surface area contributed by atoms with Gasteiger partial charge in [-0.2, -0.15) is 11.8 Å². The molecule has 0 saturated carbocycles. The fraction of sp³-hybridized carbons (Fsp3) is 0.379. The number of nitrogens with two attached hydrogens (primary N) is 1. The summed E-state index contributed by atoms with van der Waals surface area (Å²) in [5, 5.41) is 0.503. The van der Waals surface area contributed by atoms with Crippen LogP contribution in [0, 0.1) is 0 Å². The molecule has 1 aliphatic heterocycles. The van der Waals surface area contributed by atoms with Crippen LogP contribution in [0.1, 0.15) is 38.7 Å². The fourth-order valence-corrected chi connectivity index (χ4v) is 5.20. The Bertz CT molecular complexity index is 1540. The standard InChI is InChI=1S/C29H35N5O3S/c1-5-11-33(12-6-2)27(35)22-15-21-8-7-19(16-24(21)31-26(30)18-22)20-9-10-23-25(17-20)32(3)29(37)34(28(23)36)13-14-38-4/h7-10,15-17H,5-6,11-14,18H2,1-4H3,(H2,30,31). The maximum atomic E-state index is 13.3. The second-order valence-corrected chi connectivity index (χ2v) is 10.5. The van der Waals surface area contributed by atoms with Gasteiger partial charge >= 0.3 is 5.69 Å². The molecule has 8 nitrogen and oxygen atoms in total. The zero-order valence-corrected chi connectivity index (χ0v) is 23.3. The summed E-state index contributed by atoms with van der Waals surface area (Å²) in [5.41, 5.74) is 10.1. The first-order valence-corrected chi connectivity index (χ1v) is 14.4. The lowest BCUT2D eigenvalue weighted by Gasteiger charge is -2.22. The molecule has 0 aliphatic carbocycles. The number of aliphatic imine (C=N–C) groups is 1. The van der Waals surface area contributed by atoms with Crippen LogP contribution in [0.25, 0.3) is 28.1 Å². The van der Waals surface area contributed by atoms with E-state index in [0.29, 0.717) is 59.8 Å². The molecule has 200 valence electrons. The third-order valence-corrected chi connectivity index (χ3v) is 7.34. The van der Waals surface area contributed by atoms with Crippen molar-refractivity contribution in [2.24, 2.45) is 17.8 Å². The van der Waals surface area contributed by atoms with Crippen molar-refractivity contribution in [3.05, 3.63) is 68.4 Å². The van der Waals surface area contributed by atoms with Crippen molar-refractivity contribution in [1.82, 2.24) is 14.0 Å². The van der Waals surface area contributed by atoms with E-state index >= 15 is 0 Å². The molecule has 2 heterocycles. The van der Waals surface area contributed by atoms with Crippen LogP contribution in [0.5, 0.6) is 0 Å². The molecule has 2 N–H and O–H groups in total. The van der Waals surface area contributed by atoms with Crippen molar-refractivity contribution in [3.8, 4) is 11.1 Å². The number of hydrogen-bond acceptors (Lipinski definition) is 6. The minimum Gasteiger partial charge on any atom is -0.387 e. The first kappa shape index (κ1) is 27.4. The summed E-state index contributed by atoms with van der Waals surface area (Å²) < 4.78 is 2.82. The van der Waals surface area contributed by atoms with Crippen molar-refractivity contribution in [2.75, 3.05) is 25.1 Å². The zero-order chi connectivity index (χ0) is 27.4. The van der Waals surface area contributed by atoms with Gasteiger partial charge in [-0.25, -0.2) is 9.79 Å². The van der Waals surface area contributed by atoms with Crippen LogP contribution in [0.4, 0.5) is 5.69 Å². The molecule has 0 unspecified atom stereocenters. The highest BCUT2D eigenvalue weighted by Crippen LogP contribution is 2.33. The molecular weight excluding hydrogens is 498 g/mol. The minimum atomic E-state index is -0.324. The molecule has 9 heteroatoms. The second-order valence-electron chi connectivity index (χ2n) is 9.54. The number of benzene rings is 2. The molecule has 0 fully saturated rings. The number of carbonyl (C=O) groups is 1. The highest BCUT2D eigenvalue weighted by Gasteiger charge is 2.21. The maximum absolute atomic E-state index is 13.3. The van der Waals surface area contributed by atoms with Crippen LogP contribution in [0.2, 0.25) is 0 Å². The number of fused-ring (bicyclic) bond motifs is 2. The number of aromatic nitrogens is 2. The Kier molecular flexibility index (Phi) is 8.56. The summed E-state index contributed by atoms with van der Waals surface area (Å²) in [4.78, 5) is 45.7. The van der Waals surface area contributed by atoms with Gasteiger partial charge in [-0.15, -0.1) is 0 Å². The van der Waals surface area contributed by atoms with Crippen LogP contribution in [-0.4, -0.2) is 50.9 Å². The smallest absolute Gasteiger partial charge is 0.331 e. The quantitative estimate of drug-likeness (QED) is 0.445. The Morgan fingerprint density at radius 2 is 1.76 bits per heavy atom. The Morgan fingerprint density at radius 3 is 2.45 bits per heavy atom. The SMILES string of the molecule is CCCN(CCC)C(=O)C1=Cc2ccc(-c3ccc4c(=O)n(CCSC)c(=O)n(C)c4c3)cc2N=C(N)C1. The van der Waals surface area contributed by atoms with E-state index in [1.807, 2.05) is 47.6 Å². The molecule has 1 amide bonds. The summed E-state index contributed by atoms with van der Waals surface area (Å²) in [7, 11) is 1.69. The number of carbonyl (C=O) groups excluding carboxylic acids is 1. The Labute approximate surface area is 226 Å². The fourth-order valence-electron chi connectivity index (χ4n) is 4.83. The van der Waals surface area contributed by atoms with Gasteiger partial charge in [-0.3, -0.25) is 18.7 Å². The molecule has 4 rings (SSSR count). The second kappa shape index (κ2) is 11.9. The number of nitrogens with zero attached hydrogens (tertiary/aromatic N) is 4. The molecule has 1 aromatic heterocycles. The highest BCUT2D eigenvalue weighted by atomic mass is 32.2. The van der Waals surface area contributed by atoms with Gasteiger partial charge in [-0.1, -0.05) is 32.0 Å². The number of rotatable bonds is 9. The number of thioether (sulfide) groups is 1. The zero-order valence-electron chi connectivity index (χ0n) is 22.5. The van der Waals surface area contributed by atoms with Crippen LogP contribution >= 0.6 is 11.8 Å². The average Bonchev–Trinajstić information content (AvgIpc) is 3.08. The molecule has 1 aliphatic rings. The van der Waals surface area contributed by atoms with E-state index in [0.717, 1.165) is 29.5 Å². The number of amidine groups is 1. The van der Waals surface area contributed by atoms with Crippen LogP contribution in [0.15, 0.2) is 56.6 Å². The molecule has 38 heavy (non-hydrogen) atoms. The molecule has 0 spiro atoms. The van der Waals surface area contributed by atoms with Crippen molar-refractivity contribution in [2.45, 2.75) is 39.7 Å². The molecule has 3 aromatic rings. The van der Waals surface area contributed by atoms with E-state index in [1.54, 1.807) is 24.9 Å². The lowest BCUT2D eigenvalue weighted by Crippen LogP contribution is -2.39. The van der Waals surface area contributed by atoms with E-state index in [4.69, 9.17) is 5.73 Å². The van der Waals surface area contributed by atoms with E-state index < -0.39 is 0 Å². The first-order valence-electron chi connectivity index (χ1n) is 13.0. The van der Waals surface area contributed by atoms with Crippen molar-refractivity contribution in [3.63, 3.8) is 0 Å². The van der Waals surface area contributed by atoms with E-state index in [-0.39, 0.29) is 17.2 Å². The lowest BCUT2D eigenvalue weighted by molar-refractivity contribution is -0.127. The maximum Gasteiger partial charge on any atom is 0.331 e.